The molecule has 2 heterocycles. The second kappa shape index (κ2) is 14.4. The van der Waals surface area contributed by atoms with Crippen molar-refractivity contribution in [1.29, 1.82) is 0 Å². The molecule has 2 saturated heterocycles. The molecule has 0 aromatic heterocycles. The molecule has 0 saturated carbocycles. The molecule has 0 bridgehead atoms. The number of rotatable bonds is 7. The smallest absolute Gasteiger partial charge is 0.337 e. The van der Waals surface area contributed by atoms with Crippen LogP contribution in [0.3, 0.4) is 0 Å². The summed E-state index contributed by atoms with van der Waals surface area (Å²) in [4.78, 5) is 32.1. The van der Waals surface area contributed by atoms with Crippen LogP contribution in [-0.2, 0) is 23.7 Å². The minimum absolute atomic E-state index is 0.0238. The molecule has 0 aliphatic carbocycles. The fraction of sp³-hybridized carbons (Fsp3) is 0.394. The Kier molecular flexibility index (Phi) is 10.7. The molecule has 3 aromatic rings. The zero-order valence-electron chi connectivity index (χ0n) is 25.1. The van der Waals surface area contributed by atoms with Crippen molar-refractivity contribution in [1.82, 2.24) is 20.0 Å². The highest BCUT2D eigenvalue weighted by Gasteiger charge is 2.40. The molecule has 2 aliphatic rings. The first kappa shape index (κ1) is 35.0. The van der Waals surface area contributed by atoms with E-state index in [1.54, 1.807) is 6.07 Å². The molecule has 2 aliphatic heterocycles. The Balaban J connectivity index is 1.29. The fourth-order valence-corrected chi connectivity index (χ4v) is 6.29. The van der Waals surface area contributed by atoms with Crippen LogP contribution >= 0.6 is 23.2 Å². The first-order valence-electron chi connectivity index (χ1n) is 15.0. The fourth-order valence-electron chi connectivity index (χ4n) is 5.98. The summed E-state index contributed by atoms with van der Waals surface area (Å²) < 4.78 is 81.3. The normalized spacial score (nSPS) is 18.4. The highest BCUT2D eigenvalue weighted by molar-refractivity contribution is 6.42. The van der Waals surface area contributed by atoms with E-state index in [1.165, 1.54) is 27.5 Å². The molecule has 47 heavy (non-hydrogen) atoms. The van der Waals surface area contributed by atoms with Gasteiger partial charge in [0.2, 0.25) is 5.91 Å². The number of nitrogens with one attached hydrogen (secondary N) is 1. The Hall–Kier alpha value is -3.32. The second-order valence-corrected chi connectivity index (χ2v) is 12.6. The van der Waals surface area contributed by atoms with E-state index in [9.17, 15) is 35.9 Å². The summed E-state index contributed by atoms with van der Waals surface area (Å²) in [7, 11) is 0. The minimum atomic E-state index is -5.12. The van der Waals surface area contributed by atoms with Gasteiger partial charge < -0.3 is 15.1 Å². The van der Waals surface area contributed by atoms with Crippen LogP contribution in [0.15, 0.2) is 66.7 Å². The van der Waals surface area contributed by atoms with Crippen LogP contribution < -0.4 is 5.32 Å². The quantitative estimate of drug-likeness (QED) is 0.263. The first-order chi connectivity index (χ1) is 22.2. The molecule has 1 N–H and O–H groups in total. The molecule has 2 fully saturated rings. The van der Waals surface area contributed by atoms with E-state index in [2.05, 4.69) is 22.3 Å². The van der Waals surface area contributed by atoms with Gasteiger partial charge in [-0.3, -0.25) is 14.5 Å². The summed E-state index contributed by atoms with van der Waals surface area (Å²) in [5.41, 5.74) is -2.29. The lowest BCUT2D eigenvalue weighted by molar-refractivity contribution is -0.143. The summed E-state index contributed by atoms with van der Waals surface area (Å²) in [6.45, 7) is 2.47. The number of amides is 2. The second-order valence-electron chi connectivity index (χ2n) is 11.7. The number of nitrogens with zero attached hydrogens (tertiary/aromatic N) is 3. The van der Waals surface area contributed by atoms with Crippen LogP contribution in [0.2, 0.25) is 10.0 Å². The molecule has 5 rings (SSSR count). The summed E-state index contributed by atoms with van der Waals surface area (Å²) in [6.07, 6.45) is -8.53. The lowest BCUT2D eigenvalue weighted by Crippen LogP contribution is -2.54. The summed E-state index contributed by atoms with van der Waals surface area (Å²) >= 11 is 12.3. The van der Waals surface area contributed by atoms with Crippen molar-refractivity contribution in [2.24, 2.45) is 0 Å². The van der Waals surface area contributed by atoms with Gasteiger partial charge in [-0.05, 0) is 67.4 Å². The number of piperazine rings is 1. The lowest BCUT2D eigenvalue weighted by atomic mass is 9.99. The largest absolute Gasteiger partial charge is 0.416 e. The SMILES string of the molecule is O=C(CNC1CCN(Cc2ccccc2)CC1)N1CCN(C(=O)c2cc(C(F)(F)F)cc(C(F)(F)F)c2)C(c2ccc(Cl)c(Cl)c2)C1. The molecule has 2 amide bonds. The number of alkyl halides is 6. The highest BCUT2D eigenvalue weighted by atomic mass is 35.5. The Morgan fingerprint density at radius 2 is 1.43 bits per heavy atom. The summed E-state index contributed by atoms with van der Waals surface area (Å²) in [6, 6.07) is 14.7. The van der Waals surface area contributed by atoms with Gasteiger partial charge in [-0.25, -0.2) is 0 Å². The van der Waals surface area contributed by atoms with Gasteiger partial charge in [-0.15, -0.1) is 0 Å². The van der Waals surface area contributed by atoms with Crippen LogP contribution in [0.25, 0.3) is 0 Å². The van der Waals surface area contributed by atoms with Crippen molar-refractivity contribution < 1.29 is 35.9 Å². The maximum atomic E-state index is 13.7. The highest BCUT2D eigenvalue weighted by Crippen LogP contribution is 2.38. The van der Waals surface area contributed by atoms with Crippen molar-refractivity contribution in [2.75, 3.05) is 39.3 Å². The van der Waals surface area contributed by atoms with E-state index in [-0.39, 0.29) is 54.2 Å². The van der Waals surface area contributed by atoms with Gasteiger partial charge in [0, 0.05) is 37.8 Å². The molecular formula is C33H32Cl2F6N4O2. The van der Waals surface area contributed by atoms with Crippen LogP contribution in [-0.4, -0.2) is 71.8 Å². The summed E-state index contributed by atoms with van der Waals surface area (Å²) in [5, 5.41) is 3.67. The number of carbonyl (C=O) groups is 2. The van der Waals surface area contributed by atoms with Crippen LogP contribution in [0.4, 0.5) is 26.3 Å². The Labute approximate surface area is 278 Å². The van der Waals surface area contributed by atoms with Gasteiger partial charge in [-0.1, -0.05) is 59.6 Å². The molecule has 252 valence electrons. The summed E-state index contributed by atoms with van der Waals surface area (Å²) in [5.74, 6) is -1.28. The van der Waals surface area contributed by atoms with Crippen LogP contribution in [0.5, 0.6) is 0 Å². The predicted molar refractivity (Wildman–Crippen MR) is 166 cm³/mol. The van der Waals surface area contributed by atoms with Crippen molar-refractivity contribution in [3.63, 3.8) is 0 Å². The van der Waals surface area contributed by atoms with E-state index >= 15 is 0 Å². The number of carbonyl (C=O) groups excluding carboxylic acids is 2. The Morgan fingerprint density at radius 1 is 0.787 bits per heavy atom. The number of piperidine rings is 1. The van der Waals surface area contributed by atoms with Crippen LogP contribution in [0.1, 0.15) is 51.5 Å². The van der Waals surface area contributed by atoms with Gasteiger partial charge in [0.25, 0.3) is 5.91 Å². The lowest BCUT2D eigenvalue weighted by Gasteiger charge is -2.42. The number of likely N-dealkylation sites (tertiary alicyclic amines) is 1. The van der Waals surface area contributed by atoms with Crippen molar-refractivity contribution in [2.45, 2.75) is 43.8 Å². The monoisotopic (exact) mass is 700 g/mol. The maximum absolute atomic E-state index is 13.7. The molecular weight excluding hydrogens is 669 g/mol. The third kappa shape index (κ3) is 8.78. The Morgan fingerprint density at radius 3 is 2.02 bits per heavy atom. The van der Waals surface area contributed by atoms with E-state index in [0.717, 1.165) is 32.5 Å². The third-order valence-electron chi connectivity index (χ3n) is 8.54. The Bertz CT molecular complexity index is 1550. The molecule has 0 spiro atoms. The predicted octanol–water partition coefficient (Wildman–Crippen LogP) is 7.31. The number of benzene rings is 3. The van der Waals surface area contributed by atoms with Gasteiger partial charge in [0.05, 0.1) is 33.8 Å². The van der Waals surface area contributed by atoms with Gasteiger partial charge in [-0.2, -0.15) is 26.3 Å². The van der Waals surface area contributed by atoms with Gasteiger partial charge in [0.15, 0.2) is 0 Å². The number of hydrogen-bond acceptors (Lipinski definition) is 4. The molecule has 1 unspecified atom stereocenters. The zero-order chi connectivity index (χ0) is 33.9. The van der Waals surface area contributed by atoms with E-state index in [4.69, 9.17) is 23.2 Å². The van der Waals surface area contributed by atoms with Crippen molar-refractivity contribution in [3.05, 3.63) is 105 Å². The van der Waals surface area contributed by atoms with E-state index in [1.807, 2.05) is 18.2 Å². The van der Waals surface area contributed by atoms with Crippen molar-refractivity contribution in [3.8, 4) is 0 Å². The topological polar surface area (TPSA) is 55.9 Å². The zero-order valence-corrected chi connectivity index (χ0v) is 26.6. The molecule has 1 atom stereocenters. The number of hydrogen-bond donors (Lipinski definition) is 1. The molecule has 6 nitrogen and oxygen atoms in total. The minimum Gasteiger partial charge on any atom is -0.337 e. The standard InChI is InChI=1S/C33H32Cl2F6N4O2/c34-27-7-6-22(16-28(27)35)29-20-44(30(46)18-42-26-8-10-43(11-9-26)19-21-4-2-1-3-5-21)12-13-45(29)31(47)23-14-24(32(36,37)38)17-25(15-23)33(39,40)41/h1-7,14-17,26,29,42H,8-13,18-20H2. The van der Waals surface area contributed by atoms with Gasteiger partial charge >= 0.3 is 12.4 Å². The number of halogens is 8. The average Bonchev–Trinajstić information content (AvgIpc) is 3.04. The van der Waals surface area contributed by atoms with Gasteiger partial charge in [0.1, 0.15) is 0 Å². The van der Waals surface area contributed by atoms with Crippen LogP contribution in [0, 0.1) is 0 Å². The molecule has 14 heteroatoms. The third-order valence-corrected chi connectivity index (χ3v) is 9.27. The maximum Gasteiger partial charge on any atom is 0.416 e. The van der Waals surface area contributed by atoms with Crippen molar-refractivity contribution >= 4 is 35.0 Å². The van der Waals surface area contributed by atoms with E-state index < -0.39 is 41.0 Å². The first-order valence-corrected chi connectivity index (χ1v) is 15.8. The molecule has 3 aromatic carbocycles. The van der Waals surface area contributed by atoms with E-state index in [0.29, 0.717) is 17.7 Å². The molecule has 0 radical (unpaired) electrons. The average molecular weight is 702 g/mol.